The highest BCUT2D eigenvalue weighted by Gasteiger charge is 2.51. The second-order valence-electron chi connectivity index (χ2n) is 26.7. The Morgan fingerprint density at radius 3 is 1.60 bits per heavy atom. The minimum absolute atomic E-state index is 0.0166. The maximum absolute atomic E-state index is 15.7. The molecule has 1 saturated heterocycles. The van der Waals surface area contributed by atoms with Crippen molar-refractivity contribution in [1.82, 2.24) is 45.8 Å². The molecular formula is C62H112N11O13S+. The van der Waals surface area contributed by atoms with Gasteiger partial charge in [0.05, 0.1) is 25.2 Å². The van der Waals surface area contributed by atoms with Gasteiger partial charge in [0.15, 0.2) is 17.5 Å². The first-order chi connectivity index (χ1) is 39.9. The van der Waals surface area contributed by atoms with Crippen LogP contribution in [-0.4, -0.2) is 236 Å². The third-order valence-electron chi connectivity index (χ3n) is 16.3. The molecule has 0 aliphatic carbocycles. The molecule has 24 nitrogen and oxygen atoms in total. The number of nitrogens with zero attached hydrogens (tertiary/aromatic N) is 7. The number of thioether (sulfide) groups is 1. The summed E-state index contributed by atoms with van der Waals surface area (Å²) in [5.41, 5.74) is -1.57. The van der Waals surface area contributed by atoms with Gasteiger partial charge in [-0.1, -0.05) is 95.2 Å². The number of allylic oxidation sites excluding steroid dienone is 2. The molecular weight excluding hydrogens is 1140 g/mol. The summed E-state index contributed by atoms with van der Waals surface area (Å²) in [5, 5.41) is 48.6. The average molecular weight is 1250 g/mol. The van der Waals surface area contributed by atoms with E-state index in [1.54, 1.807) is 66.9 Å². The van der Waals surface area contributed by atoms with E-state index in [9.17, 15) is 48.6 Å². The third-order valence-corrected chi connectivity index (χ3v) is 17.3. The van der Waals surface area contributed by atoms with Crippen LogP contribution in [0.3, 0.4) is 0 Å². The number of hydroxylamine groups is 3. The van der Waals surface area contributed by atoms with Crippen molar-refractivity contribution in [3.8, 4) is 0 Å². The molecule has 87 heavy (non-hydrogen) atoms. The lowest BCUT2D eigenvalue weighted by atomic mass is 9.91. The maximum atomic E-state index is 15.7. The van der Waals surface area contributed by atoms with E-state index >= 15 is 14.8 Å². The second kappa shape index (κ2) is 34.5. The monoisotopic (exact) mass is 1250 g/mol. The Morgan fingerprint density at radius 1 is 0.644 bits per heavy atom. The topological polar surface area (TPSA) is 302 Å². The summed E-state index contributed by atoms with van der Waals surface area (Å²) < 4.78 is -0.391. The Morgan fingerprint density at radius 2 is 1.14 bits per heavy atom. The minimum atomic E-state index is -1.67. The number of carbonyl (C=O) groups is 10. The summed E-state index contributed by atoms with van der Waals surface area (Å²) in [5.74, 6) is -10.4. The van der Waals surface area contributed by atoms with Crippen LogP contribution in [0.15, 0.2) is 12.2 Å². The molecule has 0 aromatic carbocycles. The van der Waals surface area contributed by atoms with Gasteiger partial charge in [0, 0.05) is 48.1 Å². The number of aliphatic hydroxyl groups is 2. The first-order valence-corrected chi connectivity index (χ1v) is 32.0. The zero-order valence-electron chi connectivity index (χ0n) is 56.9. The van der Waals surface area contributed by atoms with Gasteiger partial charge in [-0.25, -0.2) is 4.79 Å². The fraction of sp³-hybridized carbons (Fsp3) is 0.790. The number of likely N-dealkylation sites (N-methyl/N-ethyl adjacent to an activating group) is 6. The van der Waals surface area contributed by atoms with E-state index in [1.807, 2.05) is 41.5 Å². The number of carbonyl (C=O) groups excluding carboxylic acids is 10. The molecule has 1 fully saturated rings. The zero-order valence-corrected chi connectivity index (χ0v) is 57.7. The maximum Gasteiger partial charge on any atom is 0.413 e. The molecule has 0 aromatic rings. The number of aliphatic hydroxyl groups excluding tert-OH is 1. The first kappa shape index (κ1) is 79.5. The Bertz CT molecular complexity index is 2430. The normalized spacial score (nSPS) is 29.1. The van der Waals surface area contributed by atoms with Crippen molar-refractivity contribution in [2.24, 2.45) is 35.5 Å². The van der Waals surface area contributed by atoms with E-state index in [1.165, 1.54) is 79.8 Å². The van der Waals surface area contributed by atoms with Gasteiger partial charge in [-0.2, -0.15) is 0 Å². The predicted octanol–water partition coefficient (Wildman–Crippen LogP) is 3.30. The molecule has 14 atom stereocenters. The lowest BCUT2D eigenvalue weighted by Gasteiger charge is -2.49. The van der Waals surface area contributed by atoms with Gasteiger partial charge in [0.1, 0.15) is 49.0 Å². The number of hydrogen-bond acceptors (Lipinski definition) is 14. The van der Waals surface area contributed by atoms with E-state index < -0.39 is 159 Å². The van der Waals surface area contributed by atoms with Crippen LogP contribution >= 0.6 is 11.8 Å². The Balaban J connectivity index is 4.50. The van der Waals surface area contributed by atoms with Crippen molar-refractivity contribution < 1.29 is 67.4 Å². The molecule has 0 bridgehead atoms. The van der Waals surface area contributed by atoms with Crippen LogP contribution in [0, 0.1) is 40.7 Å². The molecule has 0 spiro atoms. The molecule has 2 unspecified atom stereocenters. The van der Waals surface area contributed by atoms with Gasteiger partial charge < -0.3 is 61.2 Å². The van der Waals surface area contributed by atoms with Crippen LogP contribution in [-0.2, 0) is 47.9 Å². The smallest absolute Gasteiger partial charge is 0.413 e. The van der Waals surface area contributed by atoms with Gasteiger partial charge in [0.25, 0.3) is 18.0 Å². The summed E-state index contributed by atoms with van der Waals surface area (Å²) in [4.78, 5) is 153. The van der Waals surface area contributed by atoms with E-state index in [-0.39, 0.29) is 56.3 Å². The van der Waals surface area contributed by atoms with Crippen molar-refractivity contribution in [2.45, 2.75) is 234 Å². The highest BCUT2D eigenvalue weighted by atomic mass is 32.2. The van der Waals surface area contributed by atoms with Gasteiger partial charge in [-0.3, -0.25) is 47.8 Å². The highest BCUT2D eigenvalue weighted by molar-refractivity contribution is 7.99. The first-order valence-electron chi connectivity index (χ1n) is 30.7. The fourth-order valence-corrected chi connectivity index (χ4v) is 11.8. The molecule has 25 heteroatoms. The van der Waals surface area contributed by atoms with Crippen molar-refractivity contribution in [3.05, 3.63) is 17.4 Å². The van der Waals surface area contributed by atoms with Gasteiger partial charge in [-0.15, -0.1) is 16.3 Å². The largest absolute Gasteiger partial charge is 0.628 e. The zero-order chi connectivity index (χ0) is 67.8. The number of quaternary nitrogens is 1. The summed E-state index contributed by atoms with van der Waals surface area (Å²) in [7, 11) is 8.02. The third kappa shape index (κ3) is 21.6. The number of amides is 10. The molecule has 1 rings (SSSR count). The SMILES string of the molecule is C=[N+]1C(=O)[C@@H](C)NC(=O)[C@@H](C)NC(=O)[C@@H](CC(C)C)N(C)C(=O)[C@@H](C(C)C)NC(=O)[C@H](CC(C)(C)O)N(C)C(=O)[C@H](SC)N(C)C(=O)[C@@H](CC)NC(=O)C([C@@H](O)[C@H](C)C/C=C/C)N(C)C(=O)[C@@H](C(C)C)N(C)C(=O)[C@@H](CC(C)C)[N+](C)([O-])[C@@H]1CC(C)C. The fourth-order valence-electron chi connectivity index (χ4n) is 11.0. The van der Waals surface area contributed by atoms with Crippen molar-refractivity contribution in [3.63, 3.8) is 0 Å². The van der Waals surface area contributed by atoms with Crippen LogP contribution in [0.1, 0.15) is 156 Å². The molecule has 0 aromatic heterocycles. The molecule has 0 radical (unpaired) electrons. The predicted molar refractivity (Wildman–Crippen MR) is 339 cm³/mol. The lowest BCUT2D eigenvalue weighted by molar-refractivity contribution is -0.976. The van der Waals surface area contributed by atoms with Crippen LogP contribution in [0.4, 0.5) is 0 Å². The Hall–Kier alpha value is -5.50. The average Bonchev–Trinajstić information content (AvgIpc) is 1.06. The number of rotatable bonds is 16. The summed E-state index contributed by atoms with van der Waals surface area (Å²) >= 11 is 0.950. The molecule has 1 aliphatic heterocycles. The molecule has 6 N–H and O–H groups in total. The van der Waals surface area contributed by atoms with E-state index in [0.29, 0.717) is 0 Å². The number of hydrogen-bond donors (Lipinski definition) is 6. The van der Waals surface area contributed by atoms with E-state index in [2.05, 4.69) is 28.0 Å². The van der Waals surface area contributed by atoms with Gasteiger partial charge >= 0.3 is 5.91 Å². The van der Waals surface area contributed by atoms with Gasteiger partial charge in [-0.05, 0) is 95.6 Å². The molecule has 1 heterocycles. The molecule has 498 valence electrons. The summed E-state index contributed by atoms with van der Waals surface area (Å²) in [6.07, 6.45) is 2.26. The highest BCUT2D eigenvalue weighted by Crippen LogP contribution is 2.30. The van der Waals surface area contributed by atoms with Crippen LogP contribution in [0.5, 0.6) is 0 Å². The van der Waals surface area contributed by atoms with Gasteiger partial charge in [0.2, 0.25) is 41.4 Å². The quantitative estimate of drug-likeness (QED) is 0.0560. The number of nitrogens with one attached hydrogen (secondary N) is 4. The second-order valence-corrected chi connectivity index (χ2v) is 27.6. The van der Waals surface area contributed by atoms with Crippen LogP contribution < -0.4 is 21.3 Å². The van der Waals surface area contributed by atoms with Crippen molar-refractivity contribution in [2.75, 3.05) is 48.5 Å². The molecule has 1 aliphatic rings. The van der Waals surface area contributed by atoms with Crippen molar-refractivity contribution in [1.29, 1.82) is 0 Å². The van der Waals surface area contributed by atoms with E-state index in [0.717, 1.165) is 31.0 Å². The van der Waals surface area contributed by atoms with Crippen LogP contribution in [0.2, 0.25) is 0 Å². The summed E-state index contributed by atoms with van der Waals surface area (Å²) in [6.45, 7) is 32.5. The summed E-state index contributed by atoms with van der Waals surface area (Å²) in [6, 6.07) is -12.4. The Kier molecular flexibility index (Phi) is 31.5. The lowest BCUT2D eigenvalue weighted by Crippen LogP contribution is -2.67. The van der Waals surface area contributed by atoms with E-state index in [4.69, 9.17) is 0 Å². The van der Waals surface area contributed by atoms with Crippen molar-refractivity contribution >= 4 is 77.6 Å². The molecule has 10 amide bonds. The van der Waals surface area contributed by atoms with Crippen LogP contribution in [0.25, 0.3) is 0 Å². The Labute approximate surface area is 523 Å². The minimum Gasteiger partial charge on any atom is -0.628 e. The molecule has 0 saturated carbocycles. The standard InChI is InChI=1S/C62H111N11O13S/c1-26-28-29-39(13)50(74)49-54(78)65-42(27-2)56(80)72(23)61(87-25)60(84)68(19)44(33-62(16,17)85)53(77)66-47(37(9)10)58(82)67(18)43(30-34(3)4)52(76)63-40(14)51(75)64-41(15)55(79)69(20)46(32-36(7)8)73(24,86)45(31-35(5)6)57(81)70(21)48(38(11)12)59(83)71(49)22/h26,28,34-50,61,74,85H,20,27,29-33H2,1-19,21-25H3,(H3-,63,64,65,66,75,76,77,78)/p+1/b28-26+/t39-,40-,41-,42-,43-,44+,45-,46-,47-,48-,49?,50+,61+,73?/m1/s1.